The first-order valence-corrected chi connectivity index (χ1v) is 7.74. The van der Waals surface area contributed by atoms with Gasteiger partial charge in [0.25, 0.3) is 0 Å². The number of nitrogens with one attached hydrogen (secondary N) is 2. The summed E-state index contributed by atoms with van der Waals surface area (Å²) < 4.78 is 27.3. The fourth-order valence-corrected chi connectivity index (χ4v) is 3.44. The van der Waals surface area contributed by atoms with Gasteiger partial charge in [-0.1, -0.05) is 31.5 Å². The largest absolute Gasteiger partial charge is 0.316 e. The Labute approximate surface area is 110 Å². The molecule has 0 aliphatic heterocycles. The van der Waals surface area contributed by atoms with E-state index in [1.165, 1.54) is 0 Å². The standard InChI is InChI=1S/C13H22N2O2S/c1-4-7-11(2)15-18(16,17)13-9-6-5-8-12(13)10-14-3/h5-6,8-9,11,14-15H,4,7,10H2,1-3H3. The van der Waals surface area contributed by atoms with Crippen molar-refractivity contribution >= 4 is 10.0 Å². The normalized spacial score (nSPS) is 13.5. The van der Waals surface area contributed by atoms with Crippen LogP contribution in [0.25, 0.3) is 0 Å². The van der Waals surface area contributed by atoms with E-state index < -0.39 is 10.0 Å². The molecule has 0 heterocycles. The lowest BCUT2D eigenvalue weighted by Crippen LogP contribution is -2.33. The Bertz CT molecular complexity index is 472. The molecule has 0 fully saturated rings. The molecule has 1 aromatic rings. The zero-order valence-electron chi connectivity index (χ0n) is 11.2. The van der Waals surface area contributed by atoms with E-state index in [0.29, 0.717) is 11.4 Å². The molecule has 1 aromatic carbocycles. The van der Waals surface area contributed by atoms with Crippen LogP contribution in [0.4, 0.5) is 0 Å². The van der Waals surface area contributed by atoms with Gasteiger partial charge < -0.3 is 5.32 Å². The lowest BCUT2D eigenvalue weighted by atomic mass is 10.2. The maximum Gasteiger partial charge on any atom is 0.241 e. The predicted molar refractivity (Wildman–Crippen MR) is 73.9 cm³/mol. The molecule has 18 heavy (non-hydrogen) atoms. The van der Waals surface area contributed by atoms with Crippen LogP contribution in [0, 0.1) is 0 Å². The summed E-state index contributed by atoms with van der Waals surface area (Å²) in [6.45, 7) is 4.47. The Morgan fingerprint density at radius 2 is 1.94 bits per heavy atom. The van der Waals surface area contributed by atoms with E-state index in [-0.39, 0.29) is 6.04 Å². The van der Waals surface area contributed by atoms with Crippen molar-refractivity contribution in [3.63, 3.8) is 0 Å². The van der Waals surface area contributed by atoms with Crippen LogP contribution in [-0.2, 0) is 16.6 Å². The van der Waals surface area contributed by atoms with Crippen molar-refractivity contribution in [3.8, 4) is 0 Å². The molecule has 0 spiro atoms. The summed E-state index contributed by atoms with van der Waals surface area (Å²) in [7, 11) is -1.62. The van der Waals surface area contributed by atoms with E-state index in [9.17, 15) is 8.42 Å². The quantitative estimate of drug-likeness (QED) is 0.795. The Morgan fingerprint density at radius 3 is 2.56 bits per heavy atom. The second-order valence-corrected chi connectivity index (χ2v) is 6.13. The number of hydrogen-bond acceptors (Lipinski definition) is 3. The summed E-state index contributed by atoms with van der Waals surface area (Å²) in [6, 6.07) is 7.03. The molecule has 5 heteroatoms. The summed E-state index contributed by atoms with van der Waals surface area (Å²) in [5, 5.41) is 2.98. The molecule has 0 saturated carbocycles. The van der Waals surface area contributed by atoms with Crippen LogP contribution in [-0.4, -0.2) is 21.5 Å². The van der Waals surface area contributed by atoms with E-state index in [1.807, 2.05) is 26.0 Å². The van der Waals surface area contributed by atoms with Crippen molar-refractivity contribution in [2.45, 2.75) is 44.2 Å². The number of sulfonamides is 1. The van der Waals surface area contributed by atoms with E-state index in [0.717, 1.165) is 18.4 Å². The van der Waals surface area contributed by atoms with E-state index in [1.54, 1.807) is 19.2 Å². The lowest BCUT2D eigenvalue weighted by molar-refractivity contribution is 0.542. The van der Waals surface area contributed by atoms with Gasteiger partial charge in [0.05, 0.1) is 4.90 Å². The van der Waals surface area contributed by atoms with Crippen LogP contribution in [0.5, 0.6) is 0 Å². The first kappa shape index (κ1) is 15.1. The summed E-state index contributed by atoms with van der Waals surface area (Å²) in [5.74, 6) is 0. The highest BCUT2D eigenvalue weighted by Gasteiger charge is 2.19. The lowest BCUT2D eigenvalue weighted by Gasteiger charge is -2.15. The van der Waals surface area contributed by atoms with E-state index in [2.05, 4.69) is 10.0 Å². The Morgan fingerprint density at radius 1 is 1.28 bits per heavy atom. The second kappa shape index (κ2) is 6.87. The van der Waals surface area contributed by atoms with Crippen molar-refractivity contribution in [1.29, 1.82) is 0 Å². The summed E-state index contributed by atoms with van der Waals surface area (Å²) in [4.78, 5) is 0.363. The second-order valence-electron chi connectivity index (χ2n) is 4.45. The van der Waals surface area contributed by atoms with E-state index in [4.69, 9.17) is 0 Å². The van der Waals surface area contributed by atoms with Gasteiger partial charge in [0, 0.05) is 12.6 Å². The summed E-state index contributed by atoms with van der Waals surface area (Å²) >= 11 is 0. The molecule has 0 aliphatic carbocycles. The number of benzene rings is 1. The minimum Gasteiger partial charge on any atom is -0.316 e. The van der Waals surface area contributed by atoms with Gasteiger partial charge in [-0.15, -0.1) is 0 Å². The molecule has 1 rings (SSSR count). The van der Waals surface area contributed by atoms with Gasteiger partial charge in [0.15, 0.2) is 0 Å². The molecule has 0 saturated heterocycles. The molecular formula is C13H22N2O2S. The number of hydrogen-bond donors (Lipinski definition) is 2. The van der Waals surface area contributed by atoms with Gasteiger partial charge in [-0.25, -0.2) is 13.1 Å². The smallest absolute Gasteiger partial charge is 0.241 e. The van der Waals surface area contributed by atoms with E-state index >= 15 is 0 Å². The van der Waals surface area contributed by atoms with Gasteiger partial charge in [-0.05, 0) is 32.0 Å². The van der Waals surface area contributed by atoms with Crippen LogP contribution in [0.15, 0.2) is 29.2 Å². The van der Waals surface area contributed by atoms with Crippen LogP contribution >= 0.6 is 0 Å². The molecule has 0 aromatic heterocycles. The zero-order chi connectivity index (χ0) is 13.6. The van der Waals surface area contributed by atoms with Gasteiger partial charge >= 0.3 is 0 Å². The molecule has 1 atom stereocenters. The molecule has 4 nitrogen and oxygen atoms in total. The fraction of sp³-hybridized carbons (Fsp3) is 0.538. The van der Waals surface area contributed by atoms with Crippen LogP contribution in [0.2, 0.25) is 0 Å². The average Bonchev–Trinajstić information content (AvgIpc) is 2.29. The Kier molecular flexibility index (Phi) is 5.78. The highest BCUT2D eigenvalue weighted by atomic mass is 32.2. The SMILES string of the molecule is CCCC(C)NS(=O)(=O)c1ccccc1CNC. The third-order valence-corrected chi connectivity index (χ3v) is 4.40. The third kappa shape index (κ3) is 4.08. The number of rotatable bonds is 7. The van der Waals surface area contributed by atoms with Crippen molar-refractivity contribution in [1.82, 2.24) is 10.0 Å². The van der Waals surface area contributed by atoms with Crippen LogP contribution in [0.1, 0.15) is 32.3 Å². The average molecular weight is 270 g/mol. The van der Waals surface area contributed by atoms with Crippen molar-refractivity contribution in [2.75, 3.05) is 7.05 Å². The predicted octanol–water partition coefficient (Wildman–Crippen LogP) is 1.87. The molecule has 0 aliphatic rings. The fourth-order valence-electron chi connectivity index (χ4n) is 1.92. The van der Waals surface area contributed by atoms with Crippen molar-refractivity contribution in [2.24, 2.45) is 0 Å². The van der Waals surface area contributed by atoms with Gasteiger partial charge in [-0.2, -0.15) is 0 Å². The maximum absolute atomic E-state index is 12.3. The van der Waals surface area contributed by atoms with Crippen LogP contribution < -0.4 is 10.0 Å². The van der Waals surface area contributed by atoms with Gasteiger partial charge in [0.1, 0.15) is 0 Å². The van der Waals surface area contributed by atoms with Gasteiger partial charge in [0.2, 0.25) is 10.0 Å². The molecule has 2 N–H and O–H groups in total. The molecule has 1 unspecified atom stereocenters. The Hall–Kier alpha value is -0.910. The molecule has 0 bridgehead atoms. The first-order chi connectivity index (χ1) is 8.51. The highest BCUT2D eigenvalue weighted by molar-refractivity contribution is 7.89. The summed E-state index contributed by atoms with van der Waals surface area (Å²) in [6.07, 6.45) is 1.80. The van der Waals surface area contributed by atoms with Crippen LogP contribution in [0.3, 0.4) is 0 Å². The van der Waals surface area contributed by atoms with Crippen molar-refractivity contribution in [3.05, 3.63) is 29.8 Å². The summed E-state index contributed by atoms with van der Waals surface area (Å²) in [5.41, 5.74) is 0.788. The molecule has 102 valence electrons. The van der Waals surface area contributed by atoms with Gasteiger partial charge in [-0.3, -0.25) is 0 Å². The zero-order valence-corrected chi connectivity index (χ0v) is 12.0. The third-order valence-electron chi connectivity index (χ3n) is 2.71. The topological polar surface area (TPSA) is 58.2 Å². The monoisotopic (exact) mass is 270 g/mol. The highest BCUT2D eigenvalue weighted by Crippen LogP contribution is 2.16. The molecule has 0 amide bonds. The minimum absolute atomic E-state index is 0.0392. The minimum atomic E-state index is -3.42. The Balaban J connectivity index is 2.97. The molecular weight excluding hydrogens is 248 g/mol. The maximum atomic E-state index is 12.3. The van der Waals surface area contributed by atoms with Crippen molar-refractivity contribution < 1.29 is 8.42 Å². The molecule has 0 radical (unpaired) electrons. The first-order valence-electron chi connectivity index (χ1n) is 6.26.